The lowest BCUT2D eigenvalue weighted by molar-refractivity contribution is 0.194. The van der Waals surface area contributed by atoms with E-state index < -0.39 is 6.09 Å². The predicted molar refractivity (Wildman–Crippen MR) is 43.7 cm³/mol. The van der Waals surface area contributed by atoms with Crippen molar-refractivity contribution in [2.75, 3.05) is 19.6 Å². The molecular weight excluding hydrogens is 144 g/mol. The zero-order valence-corrected chi connectivity index (χ0v) is 6.47. The summed E-state index contributed by atoms with van der Waals surface area (Å²) in [6.07, 6.45) is 1.61. The molecule has 4 heteroatoms. The predicted octanol–water partition coefficient (Wildman–Crippen LogP) is 0.420. The first kappa shape index (κ1) is 9.97. The van der Waals surface area contributed by atoms with Gasteiger partial charge in [-0.25, -0.2) is 4.79 Å². The second kappa shape index (κ2) is 7.08. The number of carbonyl (C=O) groups is 1. The molecule has 0 saturated heterocycles. The smallest absolute Gasteiger partial charge is 0.404 e. The summed E-state index contributed by atoms with van der Waals surface area (Å²) in [5.41, 5.74) is 0. The van der Waals surface area contributed by atoms with Crippen LogP contribution >= 0.6 is 0 Å². The fraction of sp³-hybridized carbons (Fsp3) is 0.571. The molecule has 3 N–H and O–H groups in total. The molecule has 11 heavy (non-hydrogen) atoms. The first-order chi connectivity index (χ1) is 5.27. The molecule has 4 nitrogen and oxygen atoms in total. The summed E-state index contributed by atoms with van der Waals surface area (Å²) in [5, 5.41) is 13.5. The molecule has 0 fully saturated rings. The lowest BCUT2D eigenvalue weighted by atomic mass is 10.4. The van der Waals surface area contributed by atoms with Crippen LogP contribution in [0, 0.1) is 0 Å². The van der Waals surface area contributed by atoms with Crippen LogP contribution in [0.4, 0.5) is 4.79 Å². The summed E-state index contributed by atoms with van der Waals surface area (Å²) in [6.45, 7) is 5.62. The molecule has 0 bridgehead atoms. The standard InChI is InChI=1S/C7H14N2O2/c1-2-4-8-5-3-6-9-7(10)11/h2,8-9H,1,3-6H2,(H,10,11). The van der Waals surface area contributed by atoms with Crippen LogP contribution in [-0.2, 0) is 0 Å². The van der Waals surface area contributed by atoms with Gasteiger partial charge in [0.05, 0.1) is 0 Å². The number of rotatable bonds is 6. The molecule has 0 rings (SSSR count). The SMILES string of the molecule is C=CCNCCCNC(=O)O. The minimum atomic E-state index is -0.964. The molecule has 0 spiro atoms. The van der Waals surface area contributed by atoms with Gasteiger partial charge in [0, 0.05) is 13.1 Å². The second-order valence-electron chi connectivity index (χ2n) is 2.08. The first-order valence-electron chi connectivity index (χ1n) is 3.55. The van der Waals surface area contributed by atoms with Gasteiger partial charge in [-0.1, -0.05) is 6.08 Å². The van der Waals surface area contributed by atoms with Crippen LogP contribution in [0.15, 0.2) is 12.7 Å². The molecule has 0 heterocycles. The summed E-state index contributed by atoms with van der Waals surface area (Å²) in [5.74, 6) is 0. The van der Waals surface area contributed by atoms with Crippen LogP contribution in [0.3, 0.4) is 0 Å². The Morgan fingerprint density at radius 2 is 2.27 bits per heavy atom. The van der Waals surface area contributed by atoms with Crippen molar-refractivity contribution in [2.24, 2.45) is 0 Å². The fourth-order valence-corrected chi connectivity index (χ4v) is 0.613. The van der Waals surface area contributed by atoms with Crippen LogP contribution in [0.5, 0.6) is 0 Å². The Morgan fingerprint density at radius 1 is 1.55 bits per heavy atom. The van der Waals surface area contributed by atoms with Crippen LogP contribution in [0.2, 0.25) is 0 Å². The Bertz CT molecular complexity index is 126. The van der Waals surface area contributed by atoms with E-state index in [2.05, 4.69) is 17.2 Å². The molecule has 0 aromatic heterocycles. The molecule has 1 amide bonds. The van der Waals surface area contributed by atoms with Crippen LogP contribution in [0.1, 0.15) is 6.42 Å². The summed E-state index contributed by atoms with van der Waals surface area (Å²) >= 11 is 0. The van der Waals surface area contributed by atoms with Crippen LogP contribution < -0.4 is 10.6 Å². The first-order valence-corrected chi connectivity index (χ1v) is 3.55. The molecule has 0 aliphatic rings. The van der Waals surface area contributed by atoms with Gasteiger partial charge in [0.15, 0.2) is 0 Å². The van der Waals surface area contributed by atoms with Gasteiger partial charge in [-0.15, -0.1) is 6.58 Å². The number of amides is 1. The molecule has 0 radical (unpaired) electrons. The third kappa shape index (κ3) is 8.97. The third-order valence-corrected chi connectivity index (χ3v) is 1.10. The highest BCUT2D eigenvalue weighted by atomic mass is 16.4. The Morgan fingerprint density at radius 3 is 2.82 bits per heavy atom. The molecule has 0 saturated carbocycles. The maximum absolute atomic E-state index is 9.94. The Balaban J connectivity index is 2.90. The van der Waals surface area contributed by atoms with Gasteiger partial charge in [-0.2, -0.15) is 0 Å². The summed E-state index contributed by atoms with van der Waals surface area (Å²) < 4.78 is 0. The number of carboxylic acid groups (broad SMARTS) is 1. The topological polar surface area (TPSA) is 61.4 Å². The molecule has 0 aliphatic carbocycles. The highest BCUT2D eigenvalue weighted by Crippen LogP contribution is 1.73. The number of hydrogen-bond acceptors (Lipinski definition) is 2. The highest BCUT2D eigenvalue weighted by molar-refractivity contribution is 5.64. The molecule has 0 unspecified atom stereocenters. The van der Waals surface area contributed by atoms with Crippen molar-refractivity contribution in [3.8, 4) is 0 Å². The van der Waals surface area contributed by atoms with E-state index in [1.54, 1.807) is 6.08 Å². The Hall–Kier alpha value is -1.03. The van der Waals surface area contributed by atoms with Gasteiger partial charge in [-0.3, -0.25) is 0 Å². The summed E-state index contributed by atoms with van der Waals surface area (Å²) in [6, 6.07) is 0. The maximum atomic E-state index is 9.94. The van der Waals surface area contributed by atoms with E-state index in [-0.39, 0.29) is 0 Å². The maximum Gasteiger partial charge on any atom is 0.404 e. The van der Waals surface area contributed by atoms with Gasteiger partial charge in [0.25, 0.3) is 0 Å². The molecule has 0 aromatic rings. The average Bonchev–Trinajstić information content (AvgIpc) is 1.96. The van der Waals surface area contributed by atoms with Gasteiger partial charge in [-0.05, 0) is 13.0 Å². The Labute approximate surface area is 66.3 Å². The van der Waals surface area contributed by atoms with Crippen molar-refractivity contribution in [1.82, 2.24) is 10.6 Å². The fourth-order valence-electron chi connectivity index (χ4n) is 0.613. The highest BCUT2D eigenvalue weighted by Gasteiger charge is 1.91. The molecular formula is C7H14N2O2. The third-order valence-electron chi connectivity index (χ3n) is 1.10. The molecule has 64 valence electrons. The zero-order valence-electron chi connectivity index (χ0n) is 6.47. The number of nitrogens with one attached hydrogen (secondary N) is 2. The monoisotopic (exact) mass is 158 g/mol. The largest absolute Gasteiger partial charge is 0.465 e. The van der Waals surface area contributed by atoms with Crippen LogP contribution in [0.25, 0.3) is 0 Å². The van der Waals surface area contributed by atoms with Crippen molar-refractivity contribution >= 4 is 6.09 Å². The summed E-state index contributed by atoms with van der Waals surface area (Å²) in [7, 11) is 0. The zero-order chi connectivity index (χ0) is 8.53. The minimum Gasteiger partial charge on any atom is -0.465 e. The van der Waals surface area contributed by atoms with Crippen molar-refractivity contribution in [2.45, 2.75) is 6.42 Å². The van der Waals surface area contributed by atoms with E-state index >= 15 is 0 Å². The van der Waals surface area contributed by atoms with Crippen molar-refractivity contribution in [3.63, 3.8) is 0 Å². The van der Waals surface area contributed by atoms with E-state index in [4.69, 9.17) is 5.11 Å². The molecule has 0 aliphatic heterocycles. The van der Waals surface area contributed by atoms with Gasteiger partial charge in [0.2, 0.25) is 0 Å². The number of hydrogen-bond donors (Lipinski definition) is 3. The van der Waals surface area contributed by atoms with Gasteiger partial charge in [0.1, 0.15) is 0 Å². The lowest BCUT2D eigenvalue weighted by Gasteiger charge is -2.00. The second-order valence-corrected chi connectivity index (χ2v) is 2.08. The molecule has 0 aromatic carbocycles. The Kier molecular flexibility index (Phi) is 6.42. The van der Waals surface area contributed by atoms with E-state index in [0.717, 1.165) is 19.5 Å². The van der Waals surface area contributed by atoms with Crippen molar-refractivity contribution in [3.05, 3.63) is 12.7 Å². The van der Waals surface area contributed by atoms with Gasteiger partial charge >= 0.3 is 6.09 Å². The molecule has 0 atom stereocenters. The van der Waals surface area contributed by atoms with E-state index in [1.807, 2.05) is 0 Å². The van der Waals surface area contributed by atoms with Crippen molar-refractivity contribution in [1.29, 1.82) is 0 Å². The van der Waals surface area contributed by atoms with E-state index in [1.165, 1.54) is 0 Å². The van der Waals surface area contributed by atoms with Crippen molar-refractivity contribution < 1.29 is 9.90 Å². The normalized spacial score (nSPS) is 9.09. The van der Waals surface area contributed by atoms with E-state index in [9.17, 15) is 4.79 Å². The minimum absolute atomic E-state index is 0.499. The summed E-state index contributed by atoms with van der Waals surface area (Å²) in [4.78, 5) is 9.94. The van der Waals surface area contributed by atoms with Gasteiger partial charge < -0.3 is 15.7 Å². The quantitative estimate of drug-likeness (QED) is 0.388. The van der Waals surface area contributed by atoms with Crippen LogP contribution in [-0.4, -0.2) is 30.8 Å². The lowest BCUT2D eigenvalue weighted by Crippen LogP contribution is -2.25. The average molecular weight is 158 g/mol. The van der Waals surface area contributed by atoms with E-state index in [0.29, 0.717) is 6.54 Å².